The van der Waals surface area contributed by atoms with Crippen molar-refractivity contribution in [1.29, 1.82) is 0 Å². The molecule has 0 spiro atoms. The number of para-hydroxylation sites is 3. The summed E-state index contributed by atoms with van der Waals surface area (Å²) in [4.78, 5) is 21.6. The van der Waals surface area contributed by atoms with Gasteiger partial charge in [-0.15, -0.1) is 0 Å². The third kappa shape index (κ3) is 3.55. The van der Waals surface area contributed by atoms with Crippen LogP contribution >= 0.6 is 0 Å². The van der Waals surface area contributed by atoms with Gasteiger partial charge in [0.25, 0.3) is 5.91 Å². The molecule has 7 heteroatoms. The number of methoxy groups -OCH3 is 1. The molecule has 1 aliphatic rings. The second kappa shape index (κ2) is 7.58. The van der Waals surface area contributed by atoms with Crippen molar-refractivity contribution < 1.29 is 9.53 Å². The largest absolute Gasteiger partial charge is 0.495 e. The summed E-state index contributed by atoms with van der Waals surface area (Å²) in [6.07, 6.45) is 3.08. The van der Waals surface area contributed by atoms with Crippen LogP contribution in [0.2, 0.25) is 0 Å². The fourth-order valence-corrected chi connectivity index (χ4v) is 3.98. The van der Waals surface area contributed by atoms with Crippen LogP contribution in [-0.4, -0.2) is 57.9 Å². The summed E-state index contributed by atoms with van der Waals surface area (Å²) < 4.78 is 7.18. The van der Waals surface area contributed by atoms with E-state index in [-0.39, 0.29) is 11.4 Å². The number of nitrogens with zero attached hydrogens (tertiary/aromatic N) is 5. The molecule has 0 radical (unpaired) electrons. The molecule has 1 aromatic heterocycles. The zero-order valence-corrected chi connectivity index (χ0v) is 16.9. The predicted octanol–water partition coefficient (Wildman–Crippen LogP) is 3.02. The van der Waals surface area contributed by atoms with Gasteiger partial charge < -0.3 is 14.5 Å². The molecule has 1 aliphatic heterocycles. The molecule has 0 atom stereocenters. The van der Waals surface area contributed by atoms with Gasteiger partial charge in [0.15, 0.2) is 0 Å². The number of carbonyl (C=O) groups is 1. The third-order valence-electron chi connectivity index (χ3n) is 5.37. The van der Waals surface area contributed by atoms with E-state index in [9.17, 15) is 4.79 Å². The van der Waals surface area contributed by atoms with Crippen molar-refractivity contribution in [2.75, 3.05) is 31.6 Å². The van der Waals surface area contributed by atoms with Crippen molar-refractivity contribution in [1.82, 2.24) is 19.7 Å². The Kier molecular flexibility index (Phi) is 4.96. The van der Waals surface area contributed by atoms with Crippen LogP contribution in [0.25, 0.3) is 5.69 Å². The summed E-state index contributed by atoms with van der Waals surface area (Å²) in [5.74, 6) is 0.848. The van der Waals surface area contributed by atoms with E-state index in [1.54, 1.807) is 18.1 Å². The van der Waals surface area contributed by atoms with Gasteiger partial charge in [0.2, 0.25) is 0 Å². The number of rotatable bonds is 4. The smallest absolute Gasteiger partial charge is 0.256 e. The molecule has 150 valence electrons. The van der Waals surface area contributed by atoms with Crippen molar-refractivity contribution in [2.45, 2.75) is 19.4 Å². The Morgan fingerprint density at radius 2 is 1.76 bits per heavy atom. The van der Waals surface area contributed by atoms with E-state index in [0.717, 1.165) is 23.7 Å². The molecule has 29 heavy (non-hydrogen) atoms. The van der Waals surface area contributed by atoms with Crippen LogP contribution < -0.4 is 9.64 Å². The summed E-state index contributed by atoms with van der Waals surface area (Å²) in [7, 11) is 1.69. The Hall–Kier alpha value is -3.35. The molecule has 2 aromatic carbocycles. The van der Waals surface area contributed by atoms with E-state index in [0.29, 0.717) is 18.7 Å². The first-order valence-electron chi connectivity index (χ1n) is 9.65. The molecular weight excluding hydrogens is 366 g/mol. The van der Waals surface area contributed by atoms with Gasteiger partial charge in [-0.3, -0.25) is 4.79 Å². The number of ether oxygens (including phenoxy) is 1. The van der Waals surface area contributed by atoms with Gasteiger partial charge in [0.1, 0.15) is 18.4 Å². The lowest BCUT2D eigenvalue weighted by Gasteiger charge is -2.48. The maximum absolute atomic E-state index is 13.4. The van der Waals surface area contributed by atoms with E-state index in [1.165, 1.54) is 6.33 Å². The summed E-state index contributed by atoms with van der Waals surface area (Å²) in [5, 5.41) is 4.19. The molecule has 2 heterocycles. The standard InChI is InChI=1S/C22H25N5O2/c1-22(2)14-25(12-13-26(22)19-10-6-7-11-20(19)29-3)21(28)17-8-4-5-9-18(17)27-16-23-15-24-27/h4-11,15-16H,12-14H2,1-3H3. The molecule has 0 unspecified atom stereocenters. The zero-order valence-electron chi connectivity index (χ0n) is 16.9. The fraction of sp³-hybridized carbons (Fsp3) is 0.318. The monoisotopic (exact) mass is 391 g/mol. The zero-order chi connectivity index (χ0) is 20.4. The maximum Gasteiger partial charge on any atom is 0.256 e. The molecule has 3 aromatic rings. The highest BCUT2D eigenvalue weighted by molar-refractivity contribution is 5.98. The number of benzene rings is 2. The van der Waals surface area contributed by atoms with Gasteiger partial charge in [-0.25, -0.2) is 9.67 Å². The lowest BCUT2D eigenvalue weighted by atomic mass is 9.96. The molecule has 0 bridgehead atoms. The van der Waals surface area contributed by atoms with Crippen molar-refractivity contribution in [3.63, 3.8) is 0 Å². The van der Waals surface area contributed by atoms with Gasteiger partial charge >= 0.3 is 0 Å². The van der Waals surface area contributed by atoms with E-state index in [1.807, 2.05) is 47.4 Å². The maximum atomic E-state index is 13.4. The van der Waals surface area contributed by atoms with E-state index < -0.39 is 0 Å². The van der Waals surface area contributed by atoms with E-state index >= 15 is 0 Å². The first-order chi connectivity index (χ1) is 14.0. The van der Waals surface area contributed by atoms with Gasteiger partial charge in [0, 0.05) is 19.6 Å². The van der Waals surface area contributed by atoms with E-state index in [4.69, 9.17) is 4.74 Å². The Labute approximate surface area is 170 Å². The number of aromatic nitrogens is 3. The first kappa shape index (κ1) is 19.0. The van der Waals surface area contributed by atoms with E-state index in [2.05, 4.69) is 34.9 Å². The topological polar surface area (TPSA) is 63.5 Å². The van der Waals surface area contributed by atoms with Crippen molar-refractivity contribution >= 4 is 11.6 Å². The van der Waals surface area contributed by atoms with Crippen LogP contribution in [0, 0.1) is 0 Å². The minimum absolute atomic E-state index is 0.00357. The van der Waals surface area contributed by atoms with Gasteiger partial charge in [-0.05, 0) is 38.1 Å². The Balaban J connectivity index is 1.60. The van der Waals surface area contributed by atoms with Gasteiger partial charge in [-0.2, -0.15) is 5.10 Å². The minimum Gasteiger partial charge on any atom is -0.495 e. The highest BCUT2D eigenvalue weighted by Crippen LogP contribution is 2.35. The number of hydrogen-bond donors (Lipinski definition) is 0. The summed E-state index contributed by atoms with van der Waals surface area (Å²) in [6.45, 7) is 6.27. The second-order valence-electron chi connectivity index (χ2n) is 7.72. The number of carbonyl (C=O) groups excluding carboxylic acids is 1. The number of amides is 1. The molecule has 0 aliphatic carbocycles. The summed E-state index contributed by atoms with van der Waals surface area (Å²) >= 11 is 0. The summed E-state index contributed by atoms with van der Waals surface area (Å²) in [5.41, 5.74) is 2.17. The van der Waals surface area contributed by atoms with Crippen LogP contribution in [0.5, 0.6) is 5.75 Å². The Morgan fingerprint density at radius 3 is 2.45 bits per heavy atom. The predicted molar refractivity (Wildman–Crippen MR) is 112 cm³/mol. The quantitative estimate of drug-likeness (QED) is 0.684. The number of piperazine rings is 1. The molecule has 0 N–H and O–H groups in total. The molecule has 1 saturated heterocycles. The molecule has 1 amide bonds. The fourth-order valence-electron chi connectivity index (χ4n) is 3.98. The first-order valence-corrected chi connectivity index (χ1v) is 9.65. The summed E-state index contributed by atoms with van der Waals surface area (Å²) in [6, 6.07) is 15.5. The van der Waals surface area contributed by atoms with Crippen molar-refractivity contribution in [3.8, 4) is 11.4 Å². The minimum atomic E-state index is -0.245. The molecule has 1 fully saturated rings. The van der Waals surface area contributed by atoms with Gasteiger partial charge in [-0.1, -0.05) is 24.3 Å². The van der Waals surface area contributed by atoms with Crippen LogP contribution in [0.4, 0.5) is 5.69 Å². The molecular formula is C22H25N5O2. The third-order valence-corrected chi connectivity index (χ3v) is 5.37. The lowest BCUT2D eigenvalue weighted by Crippen LogP contribution is -2.60. The average molecular weight is 391 g/mol. The average Bonchev–Trinajstić information content (AvgIpc) is 3.27. The molecule has 7 nitrogen and oxygen atoms in total. The van der Waals surface area contributed by atoms with Crippen molar-refractivity contribution in [3.05, 3.63) is 66.7 Å². The normalized spacial score (nSPS) is 16.0. The Morgan fingerprint density at radius 1 is 1.03 bits per heavy atom. The second-order valence-corrected chi connectivity index (χ2v) is 7.72. The van der Waals surface area contributed by atoms with Crippen LogP contribution in [0.1, 0.15) is 24.2 Å². The van der Waals surface area contributed by atoms with Gasteiger partial charge in [0.05, 0.1) is 29.6 Å². The van der Waals surface area contributed by atoms with Crippen molar-refractivity contribution in [2.24, 2.45) is 0 Å². The highest BCUT2D eigenvalue weighted by Gasteiger charge is 2.37. The highest BCUT2D eigenvalue weighted by atomic mass is 16.5. The molecule has 0 saturated carbocycles. The van der Waals surface area contributed by atoms with Crippen LogP contribution in [-0.2, 0) is 0 Å². The number of hydrogen-bond acceptors (Lipinski definition) is 5. The lowest BCUT2D eigenvalue weighted by molar-refractivity contribution is 0.0685. The molecule has 4 rings (SSSR count). The Bertz CT molecular complexity index is 1000. The van der Waals surface area contributed by atoms with Crippen LogP contribution in [0.15, 0.2) is 61.2 Å². The van der Waals surface area contributed by atoms with Crippen LogP contribution in [0.3, 0.4) is 0 Å². The number of anilines is 1. The SMILES string of the molecule is COc1ccccc1N1CCN(C(=O)c2ccccc2-n2cncn2)CC1(C)C.